The van der Waals surface area contributed by atoms with Crippen LogP contribution in [-0.4, -0.2) is 34.0 Å². The number of rotatable bonds is 3. The van der Waals surface area contributed by atoms with Crippen LogP contribution in [-0.2, 0) is 6.54 Å². The van der Waals surface area contributed by atoms with Crippen molar-refractivity contribution in [3.05, 3.63) is 16.3 Å². The molecule has 5 nitrogen and oxygen atoms in total. The molecular formula is C15H23N5S. The Morgan fingerprint density at radius 3 is 2.81 bits per heavy atom. The topological polar surface area (TPSA) is 81.1 Å². The predicted molar refractivity (Wildman–Crippen MR) is 88.3 cm³/mol. The highest BCUT2D eigenvalue weighted by atomic mass is 32.1. The Balaban J connectivity index is 1.82. The average Bonchev–Trinajstić information content (AvgIpc) is 2.96. The highest BCUT2D eigenvalue weighted by molar-refractivity contribution is 7.18. The smallest absolute Gasteiger partial charge is 0.146 e. The van der Waals surface area contributed by atoms with E-state index < -0.39 is 0 Å². The van der Waals surface area contributed by atoms with Crippen LogP contribution in [0.4, 0.5) is 5.82 Å². The summed E-state index contributed by atoms with van der Waals surface area (Å²) < 4.78 is 0. The number of anilines is 1. The zero-order valence-electron chi connectivity index (χ0n) is 12.9. The van der Waals surface area contributed by atoms with E-state index in [1.54, 1.807) is 11.3 Å². The highest BCUT2D eigenvalue weighted by Crippen LogP contribution is 2.32. The molecule has 2 atom stereocenters. The number of nitrogen functional groups attached to an aromatic ring is 1. The molecule has 114 valence electrons. The Hall–Kier alpha value is -1.24. The van der Waals surface area contributed by atoms with Crippen molar-refractivity contribution in [3.63, 3.8) is 0 Å². The van der Waals surface area contributed by atoms with Crippen LogP contribution < -0.4 is 11.5 Å². The molecule has 3 heterocycles. The molecular weight excluding hydrogens is 282 g/mol. The summed E-state index contributed by atoms with van der Waals surface area (Å²) in [5, 5.41) is 1.02. The van der Waals surface area contributed by atoms with E-state index in [9.17, 15) is 0 Å². The van der Waals surface area contributed by atoms with E-state index in [-0.39, 0.29) is 6.04 Å². The van der Waals surface area contributed by atoms with Crippen LogP contribution in [0.25, 0.3) is 10.2 Å². The van der Waals surface area contributed by atoms with E-state index in [0.717, 1.165) is 42.1 Å². The number of nitrogens with two attached hydrogens (primary N) is 2. The molecule has 3 rings (SSSR count). The zero-order valence-corrected chi connectivity index (χ0v) is 13.7. The molecule has 1 fully saturated rings. The Morgan fingerprint density at radius 2 is 2.14 bits per heavy atom. The number of likely N-dealkylation sites (tertiary alicyclic amines) is 1. The third-order valence-electron chi connectivity index (χ3n) is 4.52. The van der Waals surface area contributed by atoms with Gasteiger partial charge in [-0.25, -0.2) is 9.97 Å². The minimum Gasteiger partial charge on any atom is -0.383 e. The molecule has 0 radical (unpaired) electrons. The van der Waals surface area contributed by atoms with Gasteiger partial charge in [-0.1, -0.05) is 0 Å². The molecule has 0 aromatic carbocycles. The van der Waals surface area contributed by atoms with Crippen molar-refractivity contribution in [1.29, 1.82) is 0 Å². The van der Waals surface area contributed by atoms with Gasteiger partial charge >= 0.3 is 0 Å². The normalized spacial score (nSPS) is 21.2. The molecule has 2 aromatic rings. The lowest BCUT2D eigenvalue weighted by Crippen LogP contribution is -2.29. The summed E-state index contributed by atoms with van der Waals surface area (Å²) in [7, 11) is 0. The first-order valence-electron chi connectivity index (χ1n) is 7.45. The van der Waals surface area contributed by atoms with Crippen LogP contribution in [0, 0.1) is 19.8 Å². The Labute approximate surface area is 129 Å². The first kappa shape index (κ1) is 14.7. The summed E-state index contributed by atoms with van der Waals surface area (Å²) in [5.74, 6) is 2.02. The van der Waals surface area contributed by atoms with Gasteiger partial charge in [-0.15, -0.1) is 11.3 Å². The summed E-state index contributed by atoms with van der Waals surface area (Å²) in [5.41, 5.74) is 13.3. The summed E-state index contributed by atoms with van der Waals surface area (Å²) in [6.07, 6.45) is 1.16. The van der Waals surface area contributed by atoms with Crippen molar-refractivity contribution in [3.8, 4) is 0 Å². The third-order valence-corrected chi connectivity index (χ3v) is 5.62. The molecule has 2 aromatic heterocycles. The predicted octanol–water partition coefficient (Wildman–Crippen LogP) is 2.06. The molecule has 0 amide bonds. The lowest BCUT2D eigenvalue weighted by Gasteiger charge is -2.17. The maximum absolute atomic E-state index is 6.14. The van der Waals surface area contributed by atoms with Gasteiger partial charge in [-0.2, -0.15) is 0 Å². The molecule has 0 spiro atoms. The van der Waals surface area contributed by atoms with Crippen molar-refractivity contribution < 1.29 is 0 Å². The molecule has 1 aliphatic heterocycles. The largest absolute Gasteiger partial charge is 0.383 e. The fourth-order valence-corrected chi connectivity index (χ4v) is 4.09. The number of fused-ring (bicyclic) bond motifs is 1. The quantitative estimate of drug-likeness (QED) is 0.907. The average molecular weight is 305 g/mol. The first-order valence-corrected chi connectivity index (χ1v) is 8.27. The summed E-state index contributed by atoms with van der Waals surface area (Å²) in [6, 6.07) is 0.256. The molecule has 6 heteroatoms. The number of hydrogen-bond donors (Lipinski definition) is 2. The first-order chi connectivity index (χ1) is 9.95. The third kappa shape index (κ3) is 2.75. The molecule has 2 unspecified atom stereocenters. The van der Waals surface area contributed by atoms with Crippen molar-refractivity contribution in [1.82, 2.24) is 14.9 Å². The van der Waals surface area contributed by atoms with Gasteiger partial charge in [0.1, 0.15) is 16.5 Å². The van der Waals surface area contributed by atoms with Crippen molar-refractivity contribution >= 4 is 27.4 Å². The van der Waals surface area contributed by atoms with Crippen LogP contribution in [0.15, 0.2) is 0 Å². The monoisotopic (exact) mass is 305 g/mol. The second-order valence-corrected chi connectivity index (χ2v) is 7.33. The van der Waals surface area contributed by atoms with Crippen LogP contribution in [0.1, 0.15) is 29.6 Å². The fraction of sp³-hybridized carbons (Fsp3) is 0.600. The van der Waals surface area contributed by atoms with Gasteiger partial charge in [0, 0.05) is 17.5 Å². The number of nitrogens with zero attached hydrogens (tertiary/aromatic N) is 3. The van der Waals surface area contributed by atoms with Crippen LogP contribution in [0.3, 0.4) is 0 Å². The molecule has 1 saturated heterocycles. The Morgan fingerprint density at radius 1 is 1.38 bits per heavy atom. The van der Waals surface area contributed by atoms with Gasteiger partial charge in [-0.05, 0) is 45.2 Å². The highest BCUT2D eigenvalue weighted by Gasteiger charge is 2.26. The van der Waals surface area contributed by atoms with Crippen molar-refractivity contribution in [2.24, 2.45) is 11.7 Å². The summed E-state index contributed by atoms with van der Waals surface area (Å²) in [6.45, 7) is 9.14. The minimum atomic E-state index is 0.256. The lowest BCUT2D eigenvalue weighted by atomic mass is 10.0. The van der Waals surface area contributed by atoms with Crippen molar-refractivity contribution in [2.75, 3.05) is 18.8 Å². The molecule has 4 N–H and O–H groups in total. The van der Waals surface area contributed by atoms with E-state index in [2.05, 4.69) is 30.7 Å². The van der Waals surface area contributed by atoms with E-state index in [4.69, 9.17) is 16.5 Å². The maximum Gasteiger partial charge on any atom is 0.146 e. The Kier molecular flexibility index (Phi) is 3.86. The van der Waals surface area contributed by atoms with Crippen LogP contribution in [0.2, 0.25) is 0 Å². The number of aromatic nitrogens is 2. The molecule has 0 saturated carbocycles. The number of hydrogen-bond acceptors (Lipinski definition) is 6. The summed E-state index contributed by atoms with van der Waals surface area (Å²) >= 11 is 1.70. The number of aryl methyl sites for hydroxylation is 2. The maximum atomic E-state index is 6.14. The zero-order chi connectivity index (χ0) is 15.1. The number of thiophene rings is 1. The van der Waals surface area contributed by atoms with Gasteiger partial charge < -0.3 is 11.5 Å². The van der Waals surface area contributed by atoms with Crippen LogP contribution in [0.5, 0.6) is 0 Å². The van der Waals surface area contributed by atoms with E-state index in [0.29, 0.717) is 11.7 Å². The van der Waals surface area contributed by atoms with Crippen molar-refractivity contribution in [2.45, 2.75) is 39.8 Å². The van der Waals surface area contributed by atoms with E-state index in [1.807, 2.05) is 0 Å². The van der Waals surface area contributed by atoms with Gasteiger partial charge in [0.2, 0.25) is 0 Å². The molecule has 0 bridgehead atoms. The molecule has 21 heavy (non-hydrogen) atoms. The minimum absolute atomic E-state index is 0.256. The second-order valence-electron chi connectivity index (χ2n) is 6.13. The van der Waals surface area contributed by atoms with Gasteiger partial charge in [0.05, 0.1) is 11.9 Å². The SMILES string of the molecule is Cc1sc2nc(CN3CCC(C(C)N)C3)nc(N)c2c1C. The summed E-state index contributed by atoms with van der Waals surface area (Å²) in [4.78, 5) is 13.9. The van der Waals surface area contributed by atoms with Crippen LogP contribution >= 0.6 is 11.3 Å². The van der Waals surface area contributed by atoms with Gasteiger partial charge in [0.15, 0.2) is 0 Å². The molecule has 1 aliphatic rings. The fourth-order valence-electron chi connectivity index (χ4n) is 3.03. The second kappa shape index (κ2) is 5.51. The molecule has 0 aliphatic carbocycles. The standard InChI is InChI=1S/C15H23N5S/c1-8-10(3)21-15-13(8)14(17)18-12(19-15)7-20-5-4-11(6-20)9(2)16/h9,11H,4-7,16H2,1-3H3,(H2,17,18,19). The van der Waals surface area contributed by atoms with Gasteiger partial charge in [0.25, 0.3) is 0 Å². The Bertz CT molecular complexity index is 664. The van der Waals surface area contributed by atoms with Gasteiger partial charge in [-0.3, -0.25) is 4.90 Å². The van der Waals surface area contributed by atoms with E-state index >= 15 is 0 Å². The lowest BCUT2D eigenvalue weighted by molar-refractivity contribution is 0.301. The van der Waals surface area contributed by atoms with E-state index in [1.165, 1.54) is 10.4 Å².